The molecule has 1 atom stereocenters. The Balaban J connectivity index is 2.00. The van der Waals surface area contributed by atoms with E-state index < -0.39 is 6.23 Å². The molecule has 0 saturated heterocycles. The van der Waals surface area contributed by atoms with Gasteiger partial charge in [0.2, 0.25) is 0 Å². The molecule has 3 rings (SSSR count). The normalized spacial score (nSPS) is 12.2. The van der Waals surface area contributed by atoms with Gasteiger partial charge in [-0.25, -0.2) is 14.4 Å². The van der Waals surface area contributed by atoms with Gasteiger partial charge >= 0.3 is 0 Å². The number of nitrogens with one attached hydrogen (secondary N) is 1. The minimum Gasteiger partial charge on any atom is -0.374 e. The lowest BCUT2D eigenvalue weighted by atomic mass is 10.1. The molecular weight excluding hydrogens is 329 g/mol. The van der Waals surface area contributed by atoms with Crippen molar-refractivity contribution < 1.29 is 9.50 Å². The predicted octanol–water partition coefficient (Wildman–Crippen LogP) is 4.73. The van der Waals surface area contributed by atoms with E-state index in [1.54, 1.807) is 18.3 Å². The molecule has 0 saturated carbocycles. The number of benzene rings is 2. The van der Waals surface area contributed by atoms with E-state index in [4.69, 9.17) is 4.98 Å². The van der Waals surface area contributed by atoms with E-state index in [1.165, 1.54) is 12.1 Å². The van der Waals surface area contributed by atoms with Gasteiger partial charge in [-0.15, -0.1) is 0 Å². The molecule has 0 aliphatic heterocycles. The summed E-state index contributed by atoms with van der Waals surface area (Å²) >= 11 is 0. The number of aliphatic hydroxyl groups excluding tert-OH is 1. The van der Waals surface area contributed by atoms with Crippen LogP contribution in [0.3, 0.4) is 0 Å². The summed E-state index contributed by atoms with van der Waals surface area (Å²) in [6.07, 6.45) is 1.53. The Hall–Kier alpha value is -2.79. The van der Waals surface area contributed by atoms with Crippen molar-refractivity contribution in [2.45, 2.75) is 26.5 Å². The first-order valence-electron chi connectivity index (χ1n) is 8.66. The van der Waals surface area contributed by atoms with Crippen molar-refractivity contribution in [2.24, 2.45) is 5.92 Å². The fourth-order valence-electron chi connectivity index (χ4n) is 2.72. The van der Waals surface area contributed by atoms with Gasteiger partial charge in [-0.2, -0.15) is 0 Å². The van der Waals surface area contributed by atoms with Crippen LogP contribution in [0.1, 0.15) is 20.3 Å². The van der Waals surface area contributed by atoms with Gasteiger partial charge in [0.15, 0.2) is 5.82 Å². The van der Waals surface area contributed by atoms with Crippen molar-refractivity contribution in [3.05, 3.63) is 66.6 Å². The van der Waals surface area contributed by atoms with Crippen LogP contribution in [-0.2, 0) is 0 Å². The highest BCUT2D eigenvalue weighted by Gasteiger charge is 2.15. The van der Waals surface area contributed by atoms with E-state index in [0.717, 1.165) is 11.1 Å². The fourth-order valence-corrected chi connectivity index (χ4v) is 2.72. The number of nitrogens with zero attached hydrogens (tertiary/aromatic N) is 2. The summed E-state index contributed by atoms with van der Waals surface area (Å²) < 4.78 is 13.2. The second-order valence-electron chi connectivity index (χ2n) is 6.62. The van der Waals surface area contributed by atoms with Gasteiger partial charge in [0.25, 0.3) is 0 Å². The SMILES string of the molecule is CC(C)CC(O)Nc1ncc(-c2ccc(F)cc2)nc1-c1ccccc1. The van der Waals surface area contributed by atoms with E-state index in [-0.39, 0.29) is 5.82 Å². The molecule has 0 amide bonds. The summed E-state index contributed by atoms with van der Waals surface area (Å²) in [5.41, 5.74) is 2.97. The van der Waals surface area contributed by atoms with Crippen LogP contribution in [0.4, 0.5) is 10.2 Å². The van der Waals surface area contributed by atoms with E-state index >= 15 is 0 Å². The molecule has 0 spiro atoms. The first kappa shape index (κ1) is 18.0. The summed E-state index contributed by atoms with van der Waals surface area (Å²) in [5.74, 6) is 0.583. The molecule has 0 bridgehead atoms. The summed E-state index contributed by atoms with van der Waals surface area (Å²) in [4.78, 5) is 9.19. The second-order valence-corrected chi connectivity index (χ2v) is 6.62. The maximum absolute atomic E-state index is 13.2. The van der Waals surface area contributed by atoms with Crippen molar-refractivity contribution >= 4 is 5.82 Å². The Kier molecular flexibility index (Phi) is 5.58. The average molecular weight is 351 g/mol. The topological polar surface area (TPSA) is 58.0 Å². The Bertz CT molecular complexity index is 851. The minimum atomic E-state index is -0.705. The number of anilines is 1. The molecule has 0 radical (unpaired) electrons. The van der Waals surface area contributed by atoms with Crippen molar-refractivity contribution in [1.82, 2.24) is 9.97 Å². The number of hydrogen-bond acceptors (Lipinski definition) is 4. The Morgan fingerprint density at radius 2 is 1.69 bits per heavy atom. The van der Waals surface area contributed by atoms with Gasteiger partial charge in [-0.05, 0) is 36.6 Å². The summed E-state index contributed by atoms with van der Waals surface area (Å²) in [7, 11) is 0. The Morgan fingerprint density at radius 1 is 1.00 bits per heavy atom. The van der Waals surface area contributed by atoms with Crippen molar-refractivity contribution in [2.75, 3.05) is 5.32 Å². The van der Waals surface area contributed by atoms with Gasteiger partial charge in [0.05, 0.1) is 11.9 Å². The molecule has 1 aromatic heterocycles. The monoisotopic (exact) mass is 351 g/mol. The summed E-state index contributed by atoms with van der Waals surface area (Å²) in [6, 6.07) is 15.8. The molecule has 1 unspecified atom stereocenters. The first-order chi connectivity index (χ1) is 12.5. The standard InChI is InChI=1S/C21H22FN3O/c1-14(2)12-19(26)25-21-20(16-6-4-3-5-7-16)24-18(13-23-21)15-8-10-17(22)11-9-15/h3-11,13-14,19,26H,12H2,1-2H3,(H,23,25). The molecule has 1 heterocycles. The van der Waals surface area contributed by atoms with Gasteiger partial charge in [0, 0.05) is 11.1 Å². The fraction of sp³-hybridized carbons (Fsp3) is 0.238. The zero-order chi connectivity index (χ0) is 18.5. The molecule has 2 N–H and O–H groups in total. The summed E-state index contributed by atoms with van der Waals surface area (Å²) in [6.45, 7) is 4.10. The van der Waals surface area contributed by atoms with Crippen LogP contribution in [0.25, 0.3) is 22.5 Å². The molecule has 26 heavy (non-hydrogen) atoms. The second kappa shape index (κ2) is 8.06. The number of halogens is 1. The minimum absolute atomic E-state index is 0.292. The van der Waals surface area contributed by atoms with Crippen LogP contribution in [0.15, 0.2) is 60.8 Å². The number of rotatable bonds is 6. The predicted molar refractivity (Wildman–Crippen MR) is 102 cm³/mol. The van der Waals surface area contributed by atoms with Crippen molar-refractivity contribution in [3.63, 3.8) is 0 Å². The molecule has 134 valence electrons. The lowest BCUT2D eigenvalue weighted by Crippen LogP contribution is -2.22. The Morgan fingerprint density at radius 3 is 2.35 bits per heavy atom. The highest BCUT2D eigenvalue weighted by molar-refractivity contribution is 5.74. The van der Waals surface area contributed by atoms with Crippen molar-refractivity contribution in [1.29, 1.82) is 0 Å². The Labute approximate surface area is 152 Å². The third kappa shape index (κ3) is 4.43. The third-order valence-electron chi connectivity index (χ3n) is 3.96. The highest BCUT2D eigenvalue weighted by Crippen LogP contribution is 2.28. The molecule has 0 fully saturated rings. The third-order valence-corrected chi connectivity index (χ3v) is 3.96. The van der Waals surface area contributed by atoms with E-state index in [9.17, 15) is 9.50 Å². The maximum Gasteiger partial charge on any atom is 0.154 e. The smallest absolute Gasteiger partial charge is 0.154 e. The van der Waals surface area contributed by atoms with Crippen LogP contribution in [0.2, 0.25) is 0 Å². The van der Waals surface area contributed by atoms with Crippen LogP contribution >= 0.6 is 0 Å². The lowest BCUT2D eigenvalue weighted by molar-refractivity contribution is 0.176. The molecule has 5 heteroatoms. The van der Waals surface area contributed by atoms with E-state index in [2.05, 4.69) is 10.3 Å². The van der Waals surface area contributed by atoms with Gasteiger partial charge < -0.3 is 10.4 Å². The quantitative estimate of drug-likeness (QED) is 0.631. The number of hydrogen-bond donors (Lipinski definition) is 2. The largest absolute Gasteiger partial charge is 0.374 e. The molecular formula is C21H22FN3O. The lowest BCUT2D eigenvalue weighted by Gasteiger charge is -2.18. The van der Waals surface area contributed by atoms with E-state index in [0.29, 0.717) is 29.5 Å². The molecule has 0 aliphatic rings. The van der Waals surface area contributed by atoms with Crippen LogP contribution in [0.5, 0.6) is 0 Å². The van der Waals surface area contributed by atoms with E-state index in [1.807, 2.05) is 44.2 Å². The first-order valence-corrected chi connectivity index (χ1v) is 8.66. The molecule has 0 aliphatic carbocycles. The van der Waals surface area contributed by atoms with Gasteiger partial charge in [-0.1, -0.05) is 44.2 Å². The molecule has 4 nitrogen and oxygen atoms in total. The summed E-state index contributed by atoms with van der Waals surface area (Å²) in [5, 5.41) is 13.3. The van der Waals surface area contributed by atoms with Crippen LogP contribution in [0, 0.1) is 11.7 Å². The molecule has 2 aromatic carbocycles. The highest BCUT2D eigenvalue weighted by atomic mass is 19.1. The zero-order valence-electron chi connectivity index (χ0n) is 14.9. The van der Waals surface area contributed by atoms with Gasteiger partial charge in [-0.3, -0.25) is 0 Å². The van der Waals surface area contributed by atoms with Crippen LogP contribution in [-0.4, -0.2) is 21.3 Å². The maximum atomic E-state index is 13.2. The average Bonchev–Trinajstić information content (AvgIpc) is 2.63. The molecule has 3 aromatic rings. The number of aromatic nitrogens is 2. The zero-order valence-corrected chi connectivity index (χ0v) is 14.9. The van der Waals surface area contributed by atoms with Crippen molar-refractivity contribution in [3.8, 4) is 22.5 Å². The van der Waals surface area contributed by atoms with Gasteiger partial charge in [0.1, 0.15) is 17.7 Å². The van der Waals surface area contributed by atoms with Crippen LogP contribution < -0.4 is 5.32 Å². The number of aliphatic hydroxyl groups is 1.